The topological polar surface area (TPSA) is 38.3 Å². The van der Waals surface area contributed by atoms with E-state index in [2.05, 4.69) is 5.32 Å². The summed E-state index contributed by atoms with van der Waals surface area (Å²) in [5.74, 6) is 0.00578. The van der Waals surface area contributed by atoms with Gasteiger partial charge in [0.25, 0.3) is 5.91 Å². The van der Waals surface area contributed by atoms with Gasteiger partial charge in [-0.3, -0.25) is 4.79 Å². The summed E-state index contributed by atoms with van der Waals surface area (Å²) >= 11 is 23.7. The molecule has 0 unspecified atom stereocenters. The lowest BCUT2D eigenvalue weighted by Gasteiger charge is -2.15. The number of ether oxygens (including phenoxy) is 1. The number of amides is 1. The number of nitrogens with one attached hydrogen (secondary N) is 1. The van der Waals surface area contributed by atoms with E-state index in [1.54, 1.807) is 12.1 Å². The van der Waals surface area contributed by atoms with Crippen molar-refractivity contribution in [2.75, 3.05) is 6.61 Å². The second kappa shape index (κ2) is 8.11. The van der Waals surface area contributed by atoms with E-state index in [1.165, 1.54) is 12.1 Å². The third-order valence-corrected chi connectivity index (χ3v) is 4.31. The molecular formula is C16H13Cl4NO2. The zero-order chi connectivity index (χ0) is 17.0. The van der Waals surface area contributed by atoms with Gasteiger partial charge in [-0.2, -0.15) is 0 Å². The highest BCUT2D eigenvalue weighted by atomic mass is 35.5. The minimum Gasteiger partial charge on any atom is -0.482 e. The maximum atomic E-state index is 12.0. The lowest BCUT2D eigenvalue weighted by atomic mass is 10.1. The Hall–Kier alpha value is -1.13. The fourth-order valence-electron chi connectivity index (χ4n) is 1.90. The van der Waals surface area contributed by atoms with Crippen LogP contribution in [0.2, 0.25) is 20.1 Å². The molecule has 0 spiro atoms. The summed E-state index contributed by atoms with van der Waals surface area (Å²) in [7, 11) is 0. The first-order valence-electron chi connectivity index (χ1n) is 6.69. The number of hydrogen-bond acceptors (Lipinski definition) is 2. The average Bonchev–Trinajstić information content (AvgIpc) is 2.49. The van der Waals surface area contributed by atoms with E-state index in [1.807, 2.05) is 19.1 Å². The summed E-state index contributed by atoms with van der Waals surface area (Å²) < 4.78 is 5.38. The van der Waals surface area contributed by atoms with E-state index < -0.39 is 0 Å². The Kier molecular flexibility index (Phi) is 6.42. The largest absolute Gasteiger partial charge is 0.482 e. The van der Waals surface area contributed by atoms with Crippen LogP contribution in [0.15, 0.2) is 36.4 Å². The molecule has 23 heavy (non-hydrogen) atoms. The first kappa shape index (κ1) is 18.2. The van der Waals surface area contributed by atoms with Gasteiger partial charge in [0, 0.05) is 11.1 Å². The minimum atomic E-state index is -0.292. The van der Waals surface area contributed by atoms with Gasteiger partial charge >= 0.3 is 0 Å². The quantitative estimate of drug-likeness (QED) is 0.676. The summed E-state index contributed by atoms with van der Waals surface area (Å²) in [5, 5.41) is 4.34. The predicted octanol–water partition coefficient (Wildman–Crippen LogP) is 5.56. The average molecular weight is 393 g/mol. The Balaban J connectivity index is 1.94. The normalized spacial score (nSPS) is 11.9. The molecule has 0 aliphatic carbocycles. The number of carbonyl (C=O) groups excluding carboxylic acids is 1. The highest BCUT2D eigenvalue weighted by Crippen LogP contribution is 2.33. The van der Waals surface area contributed by atoms with Crippen molar-refractivity contribution in [2.45, 2.75) is 13.0 Å². The fourth-order valence-corrected chi connectivity index (χ4v) is 2.69. The van der Waals surface area contributed by atoms with Gasteiger partial charge in [0.1, 0.15) is 5.75 Å². The lowest BCUT2D eigenvalue weighted by Crippen LogP contribution is -2.31. The Labute approximate surface area is 154 Å². The Morgan fingerprint density at radius 1 is 1.09 bits per heavy atom. The van der Waals surface area contributed by atoms with Crippen LogP contribution in [0.25, 0.3) is 0 Å². The molecule has 2 aromatic carbocycles. The molecule has 7 heteroatoms. The SMILES string of the molecule is C[C@@H](NC(=O)COc1cc(Cl)c(Cl)cc1Cl)c1cccc(Cl)c1. The second-order valence-electron chi connectivity index (χ2n) is 4.83. The smallest absolute Gasteiger partial charge is 0.258 e. The van der Waals surface area contributed by atoms with E-state index in [4.69, 9.17) is 51.1 Å². The highest BCUT2D eigenvalue weighted by molar-refractivity contribution is 6.43. The van der Waals surface area contributed by atoms with Gasteiger partial charge in [0.15, 0.2) is 6.61 Å². The van der Waals surface area contributed by atoms with Crippen molar-refractivity contribution in [2.24, 2.45) is 0 Å². The van der Waals surface area contributed by atoms with E-state index in [-0.39, 0.29) is 23.6 Å². The molecule has 0 bridgehead atoms. The minimum absolute atomic E-state index is 0.192. The summed E-state index contributed by atoms with van der Waals surface area (Å²) in [6.45, 7) is 1.66. The first-order chi connectivity index (χ1) is 10.9. The van der Waals surface area contributed by atoms with Crippen LogP contribution < -0.4 is 10.1 Å². The molecule has 0 radical (unpaired) electrons. The van der Waals surface area contributed by atoms with E-state index in [0.717, 1.165) is 5.56 Å². The van der Waals surface area contributed by atoms with Crippen molar-refractivity contribution >= 4 is 52.3 Å². The van der Waals surface area contributed by atoms with Crippen molar-refractivity contribution in [3.63, 3.8) is 0 Å². The molecule has 0 aromatic heterocycles. The second-order valence-corrected chi connectivity index (χ2v) is 6.49. The predicted molar refractivity (Wildman–Crippen MR) is 95.0 cm³/mol. The van der Waals surface area contributed by atoms with Crippen molar-refractivity contribution in [1.82, 2.24) is 5.32 Å². The zero-order valence-electron chi connectivity index (χ0n) is 12.1. The molecule has 0 heterocycles. The summed E-state index contributed by atoms with van der Waals surface area (Å²) in [6.07, 6.45) is 0. The van der Waals surface area contributed by atoms with Crippen LogP contribution in [0, 0.1) is 0 Å². The van der Waals surface area contributed by atoms with Crippen molar-refractivity contribution in [3.8, 4) is 5.75 Å². The molecule has 1 atom stereocenters. The van der Waals surface area contributed by atoms with Gasteiger partial charge in [0.05, 0.1) is 21.1 Å². The number of carbonyl (C=O) groups is 1. The third-order valence-electron chi connectivity index (χ3n) is 3.06. The Morgan fingerprint density at radius 3 is 2.48 bits per heavy atom. The first-order valence-corrected chi connectivity index (χ1v) is 8.20. The number of rotatable bonds is 5. The standard InChI is InChI=1S/C16H13Cl4NO2/c1-9(10-3-2-4-11(17)5-10)21-16(22)8-23-15-7-13(19)12(18)6-14(15)20/h2-7,9H,8H2,1H3,(H,21,22)/t9-/m1/s1. The van der Waals surface area contributed by atoms with E-state index in [9.17, 15) is 4.79 Å². The van der Waals surface area contributed by atoms with Gasteiger partial charge in [-0.25, -0.2) is 0 Å². The molecule has 0 aliphatic heterocycles. The monoisotopic (exact) mass is 391 g/mol. The van der Waals surface area contributed by atoms with Gasteiger partial charge in [-0.05, 0) is 30.7 Å². The molecule has 1 amide bonds. The maximum absolute atomic E-state index is 12.0. The van der Waals surface area contributed by atoms with Crippen LogP contribution in [0.5, 0.6) is 5.75 Å². The molecule has 0 saturated heterocycles. The molecule has 1 N–H and O–H groups in total. The molecule has 2 aromatic rings. The van der Waals surface area contributed by atoms with Gasteiger partial charge in [-0.15, -0.1) is 0 Å². The van der Waals surface area contributed by atoms with Crippen LogP contribution in [0.4, 0.5) is 0 Å². The molecule has 2 rings (SSSR count). The summed E-state index contributed by atoms with van der Waals surface area (Å²) in [6, 6.07) is 10.0. The van der Waals surface area contributed by atoms with Gasteiger partial charge in [-0.1, -0.05) is 58.5 Å². The van der Waals surface area contributed by atoms with E-state index >= 15 is 0 Å². The number of hydrogen-bond donors (Lipinski definition) is 1. The third kappa shape index (κ3) is 5.18. The van der Waals surface area contributed by atoms with Crippen LogP contribution in [-0.2, 0) is 4.79 Å². The van der Waals surface area contributed by atoms with Crippen molar-refractivity contribution < 1.29 is 9.53 Å². The van der Waals surface area contributed by atoms with Crippen molar-refractivity contribution in [1.29, 1.82) is 0 Å². The lowest BCUT2D eigenvalue weighted by molar-refractivity contribution is -0.123. The summed E-state index contributed by atoms with van der Waals surface area (Å²) in [4.78, 5) is 12.0. The summed E-state index contributed by atoms with van der Waals surface area (Å²) in [5.41, 5.74) is 0.901. The highest BCUT2D eigenvalue weighted by Gasteiger charge is 2.12. The Bertz CT molecular complexity index is 721. The van der Waals surface area contributed by atoms with Crippen LogP contribution in [0.3, 0.4) is 0 Å². The molecule has 0 aliphatic rings. The molecule has 3 nitrogen and oxygen atoms in total. The number of halogens is 4. The van der Waals surface area contributed by atoms with E-state index in [0.29, 0.717) is 20.8 Å². The Morgan fingerprint density at radius 2 is 1.78 bits per heavy atom. The zero-order valence-corrected chi connectivity index (χ0v) is 15.1. The fraction of sp³-hybridized carbons (Fsp3) is 0.188. The van der Waals surface area contributed by atoms with Crippen molar-refractivity contribution in [3.05, 3.63) is 62.1 Å². The molecule has 122 valence electrons. The van der Waals surface area contributed by atoms with Crippen LogP contribution in [-0.4, -0.2) is 12.5 Å². The molecular weight excluding hydrogens is 380 g/mol. The maximum Gasteiger partial charge on any atom is 0.258 e. The molecule has 0 saturated carbocycles. The number of benzene rings is 2. The van der Waals surface area contributed by atoms with Crippen LogP contribution in [0.1, 0.15) is 18.5 Å². The van der Waals surface area contributed by atoms with Gasteiger partial charge in [0.2, 0.25) is 0 Å². The molecule has 0 fully saturated rings. The van der Waals surface area contributed by atoms with Crippen LogP contribution >= 0.6 is 46.4 Å². The van der Waals surface area contributed by atoms with Gasteiger partial charge < -0.3 is 10.1 Å².